The molecule has 1 aromatic rings. The molecular formula is C18H26ClN3O2. The Morgan fingerprint density at radius 2 is 2.12 bits per heavy atom. The molecule has 1 saturated carbocycles. The number of nitrogens with one attached hydrogen (secondary N) is 1. The van der Waals surface area contributed by atoms with Crippen LogP contribution in [0.4, 0.5) is 0 Å². The van der Waals surface area contributed by atoms with Crippen molar-refractivity contribution in [2.45, 2.75) is 39.2 Å². The number of hydrogen-bond donors (Lipinski definition) is 1. The number of aromatic nitrogens is 1. The van der Waals surface area contributed by atoms with E-state index in [0.717, 1.165) is 38.5 Å². The van der Waals surface area contributed by atoms with Crippen molar-refractivity contribution in [3.05, 3.63) is 33.2 Å². The average Bonchev–Trinajstić information content (AvgIpc) is 3.36. The fraction of sp³-hybridized carbons (Fsp3) is 0.667. The van der Waals surface area contributed by atoms with Crippen LogP contribution in [0.3, 0.4) is 0 Å². The van der Waals surface area contributed by atoms with Crippen LogP contribution in [0.25, 0.3) is 0 Å². The van der Waals surface area contributed by atoms with Crippen molar-refractivity contribution >= 4 is 17.5 Å². The van der Waals surface area contributed by atoms with Crippen LogP contribution in [0.5, 0.6) is 0 Å². The van der Waals surface area contributed by atoms with E-state index in [1.807, 2.05) is 4.90 Å². The zero-order valence-corrected chi connectivity index (χ0v) is 15.2. The first kappa shape index (κ1) is 17.5. The summed E-state index contributed by atoms with van der Waals surface area (Å²) in [6.07, 6.45) is 5.15. The molecule has 0 unspecified atom stereocenters. The van der Waals surface area contributed by atoms with Gasteiger partial charge in [-0.25, -0.2) is 0 Å². The van der Waals surface area contributed by atoms with Crippen LogP contribution in [-0.4, -0.2) is 52.9 Å². The smallest absolute Gasteiger partial charge is 0.266 e. The third kappa shape index (κ3) is 4.01. The van der Waals surface area contributed by atoms with Gasteiger partial charge in [-0.3, -0.25) is 14.5 Å². The third-order valence-electron chi connectivity index (χ3n) is 5.10. The molecule has 1 atom stereocenters. The Hall–Kier alpha value is -1.33. The van der Waals surface area contributed by atoms with Gasteiger partial charge in [0.1, 0.15) is 5.02 Å². The van der Waals surface area contributed by atoms with Crippen molar-refractivity contribution in [3.8, 4) is 0 Å². The fourth-order valence-corrected chi connectivity index (χ4v) is 3.67. The summed E-state index contributed by atoms with van der Waals surface area (Å²) in [7, 11) is 0. The predicted molar refractivity (Wildman–Crippen MR) is 95.5 cm³/mol. The van der Waals surface area contributed by atoms with Crippen LogP contribution in [0.15, 0.2) is 17.1 Å². The Morgan fingerprint density at radius 3 is 2.75 bits per heavy atom. The number of carbonyl (C=O) groups is 1. The molecular weight excluding hydrogens is 326 g/mol. The molecule has 3 rings (SSSR count). The molecule has 0 radical (unpaired) electrons. The lowest BCUT2D eigenvalue weighted by Crippen LogP contribution is -2.46. The number of carbonyl (C=O) groups excluding carboxylic acids is 1. The lowest BCUT2D eigenvalue weighted by molar-refractivity contribution is 0.0704. The first-order valence-electron chi connectivity index (χ1n) is 8.87. The second-order valence-corrected chi connectivity index (χ2v) is 7.83. The minimum Gasteiger partial charge on any atom is -0.337 e. The van der Waals surface area contributed by atoms with Crippen molar-refractivity contribution in [1.29, 1.82) is 0 Å². The van der Waals surface area contributed by atoms with E-state index in [0.29, 0.717) is 17.5 Å². The van der Waals surface area contributed by atoms with E-state index in [1.54, 1.807) is 0 Å². The number of aromatic amines is 1. The lowest BCUT2D eigenvalue weighted by atomic mass is 10.0. The molecule has 132 valence electrons. The fourth-order valence-electron chi connectivity index (χ4n) is 3.50. The molecule has 24 heavy (non-hydrogen) atoms. The van der Waals surface area contributed by atoms with E-state index in [-0.39, 0.29) is 16.5 Å². The molecule has 2 heterocycles. The minimum absolute atomic E-state index is 0.0490. The number of halogens is 1. The van der Waals surface area contributed by atoms with E-state index in [1.165, 1.54) is 25.1 Å². The normalized spacial score (nSPS) is 22.7. The lowest BCUT2D eigenvalue weighted by Gasteiger charge is -2.34. The van der Waals surface area contributed by atoms with Crippen LogP contribution in [0.2, 0.25) is 5.02 Å². The molecule has 1 N–H and O–H groups in total. The quantitative estimate of drug-likeness (QED) is 0.907. The highest BCUT2D eigenvalue weighted by Crippen LogP contribution is 2.32. The molecule has 2 fully saturated rings. The molecule has 1 aliphatic carbocycles. The van der Waals surface area contributed by atoms with Gasteiger partial charge in [0, 0.05) is 38.4 Å². The Labute approximate surface area is 148 Å². The molecule has 0 spiro atoms. The van der Waals surface area contributed by atoms with Crippen LogP contribution in [0.1, 0.15) is 43.5 Å². The maximum Gasteiger partial charge on any atom is 0.266 e. The molecule has 0 aromatic carbocycles. The van der Waals surface area contributed by atoms with Gasteiger partial charge in [0.15, 0.2) is 0 Å². The van der Waals surface area contributed by atoms with Crippen molar-refractivity contribution in [1.82, 2.24) is 14.8 Å². The second-order valence-electron chi connectivity index (χ2n) is 7.42. The monoisotopic (exact) mass is 351 g/mol. The summed E-state index contributed by atoms with van der Waals surface area (Å²) in [6.45, 7) is 8.16. The first-order valence-corrected chi connectivity index (χ1v) is 9.25. The van der Waals surface area contributed by atoms with Crippen LogP contribution in [0, 0.1) is 11.8 Å². The number of pyridine rings is 1. The topological polar surface area (TPSA) is 56.4 Å². The maximum absolute atomic E-state index is 12.9. The summed E-state index contributed by atoms with van der Waals surface area (Å²) >= 11 is 5.87. The van der Waals surface area contributed by atoms with E-state index in [2.05, 4.69) is 23.7 Å². The molecule has 2 aliphatic rings. The number of rotatable bonds is 4. The van der Waals surface area contributed by atoms with Gasteiger partial charge in [0.05, 0.1) is 5.56 Å². The Morgan fingerprint density at radius 1 is 1.38 bits per heavy atom. The molecule has 6 heteroatoms. The van der Waals surface area contributed by atoms with Gasteiger partial charge < -0.3 is 9.88 Å². The Bertz CT molecular complexity index is 654. The number of H-pyrrole nitrogens is 1. The Balaban J connectivity index is 1.75. The highest BCUT2D eigenvalue weighted by atomic mass is 35.5. The first-order chi connectivity index (χ1) is 11.5. The SMILES string of the molecule is CC(C)[C@@H]1CN(C(=O)c2c[nH]c(=O)c(Cl)c2)CCCN1CC1CC1. The maximum atomic E-state index is 12.9. The molecule has 0 bridgehead atoms. The summed E-state index contributed by atoms with van der Waals surface area (Å²) in [5, 5.41) is 0.0615. The summed E-state index contributed by atoms with van der Waals surface area (Å²) in [4.78, 5) is 31.3. The minimum atomic E-state index is -0.361. The number of amides is 1. The summed E-state index contributed by atoms with van der Waals surface area (Å²) in [6, 6.07) is 1.86. The van der Waals surface area contributed by atoms with Crippen molar-refractivity contribution in [3.63, 3.8) is 0 Å². The molecule has 1 aromatic heterocycles. The highest BCUT2D eigenvalue weighted by molar-refractivity contribution is 6.30. The van der Waals surface area contributed by atoms with Gasteiger partial charge in [0.25, 0.3) is 11.5 Å². The average molecular weight is 352 g/mol. The molecule has 1 saturated heterocycles. The van der Waals surface area contributed by atoms with Crippen LogP contribution >= 0.6 is 11.6 Å². The van der Waals surface area contributed by atoms with E-state index in [4.69, 9.17) is 11.6 Å². The zero-order chi connectivity index (χ0) is 17.3. The van der Waals surface area contributed by atoms with Crippen molar-refractivity contribution in [2.75, 3.05) is 26.2 Å². The van der Waals surface area contributed by atoms with Gasteiger partial charge in [-0.15, -0.1) is 0 Å². The van der Waals surface area contributed by atoms with Gasteiger partial charge in [-0.05, 0) is 37.2 Å². The highest BCUT2D eigenvalue weighted by Gasteiger charge is 2.33. The summed E-state index contributed by atoms with van der Waals surface area (Å²) in [5.74, 6) is 1.30. The number of nitrogens with zero attached hydrogens (tertiary/aromatic N) is 2. The largest absolute Gasteiger partial charge is 0.337 e. The van der Waals surface area contributed by atoms with Crippen molar-refractivity contribution in [2.24, 2.45) is 11.8 Å². The third-order valence-corrected chi connectivity index (χ3v) is 5.38. The van der Waals surface area contributed by atoms with Gasteiger partial charge in [-0.1, -0.05) is 25.4 Å². The molecule has 1 aliphatic heterocycles. The number of hydrogen-bond acceptors (Lipinski definition) is 3. The van der Waals surface area contributed by atoms with Crippen molar-refractivity contribution < 1.29 is 4.79 Å². The van der Waals surface area contributed by atoms with Gasteiger partial charge in [0.2, 0.25) is 0 Å². The van der Waals surface area contributed by atoms with E-state index >= 15 is 0 Å². The van der Waals surface area contributed by atoms with E-state index < -0.39 is 0 Å². The van der Waals surface area contributed by atoms with Crippen LogP contribution < -0.4 is 5.56 Å². The molecule has 1 amide bonds. The van der Waals surface area contributed by atoms with Gasteiger partial charge >= 0.3 is 0 Å². The zero-order valence-electron chi connectivity index (χ0n) is 14.4. The summed E-state index contributed by atoms with van der Waals surface area (Å²) in [5.41, 5.74) is 0.0949. The molecule has 5 nitrogen and oxygen atoms in total. The van der Waals surface area contributed by atoms with E-state index in [9.17, 15) is 9.59 Å². The Kier molecular flexibility index (Phi) is 5.30. The summed E-state index contributed by atoms with van der Waals surface area (Å²) < 4.78 is 0. The predicted octanol–water partition coefficient (Wildman–Crippen LogP) is 2.61. The van der Waals surface area contributed by atoms with Crippen LogP contribution in [-0.2, 0) is 0 Å². The standard InChI is InChI=1S/C18H26ClN3O2/c1-12(2)16-11-22(7-3-6-21(16)10-13-4-5-13)18(24)14-8-15(19)17(23)20-9-14/h8-9,12-13,16H,3-7,10-11H2,1-2H3,(H,20,23)/t16-/m0/s1. The van der Waals surface area contributed by atoms with Gasteiger partial charge in [-0.2, -0.15) is 0 Å². The second kappa shape index (κ2) is 7.28.